The molecule has 2 amide bonds. The Morgan fingerprint density at radius 3 is 2.83 bits per heavy atom. The van der Waals surface area contributed by atoms with Gasteiger partial charge in [0.1, 0.15) is 11.1 Å². The van der Waals surface area contributed by atoms with E-state index in [2.05, 4.69) is 26.9 Å². The molecule has 4 rings (SSSR count). The van der Waals surface area contributed by atoms with Crippen molar-refractivity contribution >= 4 is 45.3 Å². The van der Waals surface area contributed by atoms with Gasteiger partial charge in [-0.3, -0.25) is 14.4 Å². The zero-order valence-electron chi connectivity index (χ0n) is 15.8. The number of carbonyl (C=O) groups is 2. The van der Waals surface area contributed by atoms with Crippen molar-refractivity contribution in [3.8, 4) is 6.07 Å². The van der Waals surface area contributed by atoms with Crippen LogP contribution >= 0.6 is 11.3 Å². The summed E-state index contributed by atoms with van der Waals surface area (Å²) in [7, 11) is 0. The molecule has 0 fully saturated rings. The fraction of sp³-hybridized carbons (Fsp3) is 0.190. The lowest BCUT2D eigenvalue weighted by Crippen LogP contribution is -2.32. The molecule has 0 radical (unpaired) electrons. The Balaban J connectivity index is 1.44. The van der Waals surface area contributed by atoms with Gasteiger partial charge in [-0.1, -0.05) is 18.2 Å². The molecule has 2 aromatic heterocycles. The van der Waals surface area contributed by atoms with Crippen LogP contribution in [0.5, 0.6) is 0 Å². The van der Waals surface area contributed by atoms with Gasteiger partial charge >= 0.3 is 11.8 Å². The number of amides is 2. The van der Waals surface area contributed by atoms with Gasteiger partial charge in [0.2, 0.25) is 0 Å². The number of aromatic amines is 1. The van der Waals surface area contributed by atoms with Crippen molar-refractivity contribution in [2.75, 3.05) is 5.32 Å². The van der Waals surface area contributed by atoms with Crippen molar-refractivity contribution < 1.29 is 9.59 Å². The number of aryl methyl sites for hydroxylation is 1. The lowest BCUT2D eigenvalue weighted by molar-refractivity contribution is -0.136. The van der Waals surface area contributed by atoms with E-state index >= 15 is 0 Å². The van der Waals surface area contributed by atoms with E-state index in [9.17, 15) is 19.6 Å². The number of nitrogens with zero attached hydrogens (tertiary/aromatic N) is 2. The Hall–Kier alpha value is -3.77. The van der Waals surface area contributed by atoms with E-state index in [1.807, 2.05) is 18.2 Å². The molecule has 3 aromatic rings. The lowest BCUT2D eigenvalue weighted by Gasteiger charge is -2.09. The van der Waals surface area contributed by atoms with Gasteiger partial charge in [0, 0.05) is 10.4 Å². The number of hydrogen-bond donors (Lipinski definition) is 3. The van der Waals surface area contributed by atoms with Gasteiger partial charge in [0.05, 0.1) is 17.3 Å². The van der Waals surface area contributed by atoms with Crippen molar-refractivity contribution in [1.82, 2.24) is 10.4 Å². The first-order valence-corrected chi connectivity index (χ1v) is 10.2. The second-order valence-corrected chi connectivity index (χ2v) is 7.93. The van der Waals surface area contributed by atoms with Crippen LogP contribution in [0.15, 0.2) is 40.2 Å². The molecule has 150 valence electrons. The normalized spacial score (nSPS) is 13.0. The minimum Gasteiger partial charge on any atom is -0.321 e. The number of aromatic nitrogens is 1. The molecule has 0 atom stereocenters. The summed E-state index contributed by atoms with van der Waals surface area (Å²) in [5.74, 6) is -1.91. The van der Waals surface area contributed by atoms with E-state index in [1.54, 1.807) is 12.1 Å². The van der Waals surface area contributed by atoms with Gasteiger partial charge in [0.25, 0.3) is 5.56 Å². The molecule has 8 nitrogen and oxygen atoms in total. The van der Waals surface area contributed by atoms with Gasteiger partial charge < -0.3 is 10.3 Å². The fourth-order valence-electron chi connectivity index (χ4n) is 3.40. The number of H-pyrrole nitrogens is 1. The minimum absolute atomic E-state index is 0.243. The third kappa shape index (κ3) is 3.86. The van der Waals surface area contributed by atoms with Crippen LogP contribution in [0, 0.1) is 11.3 Å². The summed E-state index contributed by atoms with van der Waals surface area (Å²) < 4.78 is 0. The zero-order valence-corrected chi connectivity index (χ0v) is 16.6. The number of nitriles is 1. The average Bonchev–Trinajstić information content (AvgIpc) is 3.10. The second kappa shape index (κ2) is 8.31. The van der Waals surface area contributed by atoms with E-state index in [4.69, 9.17) is 0 Å². The molecule has 0 spiro atoms. The topological polar surface area (TPSA) is 127 Å². The number of anilines is 1. The lowest BCUT2D eigenvalue weighted by atomic mass is 9.96. The van der Waals surface area contributed by atoms with E-state index < -0.39 is 11.8 Å². The Kier molecular flexibility index (Phi) is 5.41. The van der Waals surface area contributed by atoms with Gasteiger partial charge in [0.15, 0.2) is 0 Å². The highest BCUT2D eigenvalue weighted by atomic mass is 32.1. The summed E-state index contributed by atoms with van der Waals surface area (Å²) in [6.45, 7) is 0. The monoisotopic (exact) mass is 419 g/mol. The van der Waals surface area contributed by atoms with Crippen molar-refractivity contribution in [2.45, 2.75) is 25.7 Å². The maximum atomic E-state index is 12.2. The third-order valence-electron chi connectivity index (χ3n) is 4.87. The van der Waals surface area contributed by atoms with Gasteiger partial charge in [-0.2, -0.15) is 10.4 Å². The molecule has 0 bridgehead atoms. The van der Waals surface area contributed by atoms with Crippen LogP contribution in [0.1, 0.15) is 34.4 Å². The number of fused-ring (bicyclic) bond motifs is 2. The number of carbonyl (C=O) groups excluding carboxylic acids is 2. The van der Waals surface area contributed by atoms with Gasteiger partial charge in [-0.15, -0.1) is 11.3 Å². The summed E-state index contributed by atoms with van der Waals surface area (Å²) in [5, 5.41) is 16.9. The van der Waals surface area contributed by atoms with Gasteiger partial charge in [-0.25, -0.2) is 5.43 Å². The van der Waals surface area contributed by atoms with Crippen LogP contribution < -0.4 is 16.3 Å². The van der Waals surface area contributed by atoms with Gasteiger partial charge in [-0.05, 0) is 48.8 Å². The summed E-state index contributed by atoms with van der Waals surface area (Å²) in [6.07, 6.45) is 4.92. The Morgan fingerprint density at radius 1 is 1.20 bits per heavy atom. The number of benzene rings is 1. The molecule has 3 N–H and O–H groups in total. The molecule has 0 saturated carbocycles. The fourth-order valence-corrected chi connectivity index (χ4v) is 4.64. The van der Waals surface area contributed by atoms with Crippen LogP contribution in [-0.4, -0.2) is 23.0 Å². The number of rotatable bonds is 3. The predicted octanol–water partition coefficient (Wildman–Crippen LogP) is 2.43. The van der Waals surface area contributed by atoms with Crippen LogP contribution in [0.4, 0.5) is 5.00 Å². The Bertz CT molecular complexity index is 1280. The zero-order chi connectivity index (χ0) is 21.1. The number of hydrazone groups is 1. The SMILES string of the molecule is N#Cc1c(NC(=O)C(=O)NN=Cc2cc3ccccc3[nH]c2=O)sc2c1CCCC2. The van der Waals surface area contributed by atoms with E-state index in [-0.39, 0.29) is 11.1 Å². The molecule has 9 heteroatoms. The second-order valence-electron chi connectivity index (χ2n) is 6.82. The Labute approximate surface area is 175 Å². The first-order chi connectivity index (χ1) is 14.6. The maximum Gasteiger partial charge on any atom is 0.329 e. The third-order valence-corrected chi connectivity index (χ3v) is 6.08. The van der Waals surface area contributed by atoms with Crippen LogP contribution in [0.2, 0.25) is 0 Å². The highest BCUT2D eigenvalue weighted by Crippen LogP contribution is 2.37. The first-order valence-electron chi connectivity index (χ1n) is 9.38. The molecular formula is C21H17N5O3S. The number of thiophene rings is 1. The molecule has 1 aliphatic carbocycles. The summed E-state index contributed by atoms with van der Waals surface area (Å²) in [4.78, 5) is 40.2. The number of para-hydroxylation sites is 1. The van der Waals surface area contributed by atoms with Crippen molar-refractivity contribution in [1.29, 1.82) is 5.26 Å². The minimum atomic E-state index is -0.987. The number of nitrogens with one attached hydrogen (secondary N) is 3. The molecular weight excluding hydrogens is 402 g/mol. The molecule has 0 saturated heterocycles. The smallest absolute Gasteiger partial charge is 0.321 e. The van der Waals surface area contributed by atoms with Crippen molar-refractivity contribution in [3.63, 3.8) is 0 Å². The Morgan fingerprint density at radius 2 is 2.00 bits per heavy atom. The van der Waals surface area contributed by atoms with Crippen molar-refractivity contribution in [2.24, 2.45) is 5.10 Å². The molecule has 0 aliphatic heterocycles. The molecule has 2 heterocycles. The van der Waals surface area contributed by atoms with E-state index in [1.165, 1.54) is 17.6 Å². The maximum absolute atomic E-state index is 12.2. The summed E-state index contributed by atoms with van der Waals surface area (Å²) in [6, 6.07) is 11.0. The quantitative estimate of drug-likeness (QED) is 0.342. The molecule has 30 heavy (non-hydrogen) atoms. The van der Waals surface area contributed by atoms with E-state index in [0.717, 1.165) is 41.5 Å². The predicted molar refractivity (Wildman–Crippen MR) is 115 cm³/mol. The van der Waals surface area contributed by atoms with E-state index in [0.29, 0.717) is 16.1 Å². The molecule has 1 aromatic carbocycles. The highest BCUT2D eigenvalue weighted by Gasteiger charge is 2.23. The number of pyridine rings is 1. The standard InChI is InChI=1S/C21H17N5O3S/c22-10-15-14-6-2-4-8-17(14)30-21(15)25-19(28)20(29)26-23-11-13-9-12-5-1-3-7-16(12)24-18(13)27/h1,3,5,7,9,11H,2,4,6,8H2,(H,24,27)(H,25,28)(H,26,29). The van der Waals surface area contributed by atoms with Crippen molar-refractivity contribution in [3.05, 3.63) is 62.3 Å². The highest BCUT2D eigenvalue weighted by molar-refractivity contribution is 7.16. The largest absolute Gasteiger partial charge is 0.329 e. The molecule has 0 unspecified atom stereocenters. The van der Waals surface area contributed by atoms with Crippen LogP contribution in [-0.2, 0) is 22.4 Å². The molecule has 1 aliphatic rings. The average molecular weight is 419 g/mol. The summed E-state index contributed by atoms with van der Waals surface area (Å²) in [5.41, 5.74) is 4.09. The summed E-state index contributed by atoms with van der Waals surface area (Å²) >= 11 is 1.34. The first kappa shape index (κ1) is 19.5. The van der Waals surface area contributed by atoms with Crippen LogP contribution in [0.3, 0.4) is 0 Å². The van der Waals surface area contributed by atoms with Crippen LogP contribution in [0.25, 0.3) is 10.9 Å². The number of hydrogen-bond acceptors (Lipinski definition) is 6.